The van der Waals surface area contributed by atoms with Gasteiger partial charge in [0, 0.05) is 11.6 Å². The summed E-state index contributed by atoms with van der Waals surface area (Å²) < 4.78 is 14.6. The number of nitro benzene ring substituents is 1. The van der Waals surface area contributed by atoms with Gasteiger partial charge in [-0.1, -0.05) is 0 Å². The lowest BCUT2D eigenvalue weighted by atomic mass is 10.2. The molecule has 2 rings (SSSR count). The molecule has 0 unspecified atom stereocenters. The molecule has 11 nitrogen and oxygen atoms in total. The van der Waals surface area contributed by atoms with Gasteiger partial charge in [0.2, 0.25) is 0 Å². The Morgan fingerprint density at radius 3 is 2.56 bits per heavy atom. The van der Waals surface area contributed by atoms with E-state index in [1.54, 1.807) is 0 Å². The molecule has 1 heterocycles. The number of rotatable bonds is 6. The van der Waals surface area contributed by atoms with E-state index in [1.807, 2.05) is 0 Å². The molecule has 1 aromatic rings. The second-order valence-electron chi connectivity index (χ2n) is 4.76. The molecule has 1 N–H and O–H groups in total. The molecule has 12 heteroatoms. The van der Waals surface area contributed by atoms with Crippen LogP contribution in [0, 0.1) is 10.1 Å². The number of carbonyl (C=O) groups is 2. The number of carbonyl (C=O) groups excluding carboxylic acids is 2. The molecule has 0 spiro atoms. The smallest absolute Gasteiger partial charge is 0.331 e. The Hall–Kier alpha value is -3.41. The van der Waals surface area contributed by atoms with Gasteiger partial charge in [-0.3, -0.25) is 20.2 Å². The Bertz CT molecular complexity index is 879. The average Bonchev–Trinajstić information content (AvgIpc) is 3.00. The van der Waals surface area contributed by atoms with Crippen LogP contribution in [0.25, 0.3) is 0 Å². The summed E-state index contributed by atoms with van der Waals surface area (Å²) in [5.41, 5.74) is 0.123. The highest BCUT2D eigenvalue weighted by molar-refractivity contribution is 8.18. The van der Waals surface area contributed by atoms with E-state index < -0.39 is 16.8 Å². The zero-order chi connectivity index (χ0) is 20.0. The summed E-state index contributed by atoms with van der Waals surface area (Å²) in [6.07, 6.45) is 2.32. The highest BCUT2D eigenvalue weighted by Gasteiger charge is 2.25. The summed E-state index contributed by atoms with van der Waals surface area (Å²) in [5, 5.41) is 21.3. The van der Waals surface area contributed by atoms with E-state index in [-0.39, 0.29) is 27.3 Å². The van der Waals surface area contributed by atoms with E-state index in [4.69, 9.17) is 9.47 Å². The third kappa shape index (κ3) is 4.82. The van der Waals surface area contributed by atoms with Gasteiger partial charge in [0.1, 0.15) is 5.75 Å². The fourth-order valence-corrected chi connectivity index (χ4v) is 2.67. The number of thioether (sulfide) groups is 1. The standard InChI is InChI=1S/C15H14N4O7S/c1-24-10-5-9(19(22)23)11(25-2)4-8(10)7-16-18-15-17-14(21)12(27-15)6-13(20)26-3/h4-7H,1-3H3,(H,17,18,21)/b12-6+,16-7?. The number of methoxy groups -OCH3 is 3. The van der Waals surface area contributed by atoms with Crippen LogP contribution >= 0.6 is 11.8 Å². The van der Waals surface area contributed by atoms with E-state index in [0.29, 0.717) is 5.56 Å². The van der Waals surface area contributed by atoms with Gasteiger partial charge in [0.25, 0.3) is 5.91 Å². The molecular formula is C15H14N4O7S. The number of amides is 1. The van der Waals surface area contributed by atoms with Gasteiger partial charge in [0.05, 0.1) is 43.4 Å². The van der Waals surface area contributed by atoms with Crippen molar-refractivity contribution >= 4 is 40.7 Å². The fourth-order valence-electron chi connectivity index (χ4n) is 1.93. The summed E-state index contributed by atoms with van der Waals surface area (Å²) in [5.74, 6) is -0.948. The summed E-state index contributed by atoms with van der Waals surface area (Å²) in [7, 11) is 3.85. The Balaban J connectivity index is 2.24. The second-order valence-corrected chi connectivity index (χ2v) is 5.79. The van der Waals surface area contributed by atoms with E-state index in [9.17, 15) is 19.7 Å². The van der Waals surface area contributed by atoms with Crippen LogP contribution in [-0.4, -0.2) is 49.5 Å². The van der Waals surface area contributed by atoms with Crippen LogP contribution in [-0.2, 0) is 14.3 Å². The van der Waals surface area contributed by atoms with E-state index in [2.05, 4.69) is 20.3 Å². The molecule has 0 aliphatic carbocycles. The molecule has 0 aromatic heterocycles. The van der Waals surface area contributed by atoms with E-state index in [0.717, 1.165) is 17.8 Å². The SMILES string of the molecule is COC(=O)/C=C1/S/C(=N\N=Cc2cc(OC)c([N+](=O)[O-])cc2OC)NC1=O. The Morgan fingerprint density at radius 2 is 1.96 bits per heavy atom. The van der Waals surface area contributed by atoms with E-state index >= 15 is 0 Å². The average molecular weight is 394 g/mol. The number of ether oxygens (including phenoxy) is 3. The highest BCUT2D eigenvalue weighted by Crippen LogP contribution is 2.33. The number of hydrogen-bond acceptors (Lipinski definition) is 10. The largest absolute Gasteiger partial charge is 0.496 e. The van der Waals surface area contributed by atoms with Crippen molar-refractivity contribution in [2.75, 3.05) is 21.3 Å². The number of nitrogens with zero attached hydrogens (tertiary/aromatic N) is 3. The molecule has 0 saturated carbocycles. The van der Waals surface area contributed by atoms with E-state index in [1.165, 1.54) is 39.7 Å². The molecule has 142 valence electrons. The number of esters is 1. The lowest BCUT2D eigenvalue weighted by Gasteiger charge is -2.07. The van der Waals surface area contributed by atoms with Crippen molar-refractivity contribution in [1.82, 2.24) is 5.32 Å². The first-order valence-corrected chi connectivity index (χ1v) is 8.01. The number of benzene rings is 1. The summed E-state index contributed by atoms with van der Waals surface area (Å²) >= 11 is 0.912. The van der Waals surface area contributed by atoms with Gasteiger partial charge < -0.3 is 14.2 Å². The first-order valence-electron chi connectivity index (χ1n) is 7.19. The molecular weight excluding hydrogens is 380 g/mol. The maximum Gasteiger partial charge on any atom is 0.331 e. The second kappa shape index (κ2) is 8.80. The minimum Gasteiger partial charge on any atom is -0.496 e. The third-order valence-electron chi connectivity index (χ3n) is 3.17. The van der Waals surface area contributed by atoms with Crippen molar-refractivity contribution in [1.29, 1.82) is 0 Å². The van der Waals surface area contributed by atoms with Gasteiger partial charge in [0.15, 0.2) is 10.9 Å². The number of nitro groups is 1. The van der Waals surface area contributed by atoms with Crippen LogP contribution in [0.1, 0.15) is 5.56 Å². The van der Waals surface area contributed by atoms with Gasteiger partial charge in [-0.05, 0) is 17.8 Å². The van der Waals surface area contributed by atoms with Crippen molar-refractivity contribution in [3.05, 3.63) is 38.8 Å². The molecule has 1 aliphatic rings. The van der Waals surface area contributed by atoms with Gasteiger partial charge in [-0.2, -0.15) is 5.10 Å². The zero-order valence-corrected chi connectivity index (χ0v) is 15.2. The topological polar surface area (TPSA) is 142 Å². The summed E-state index contributed by atoms with van der Waals surface area (Å²) in [6.45, 7) is 0. The van der Waals surface area contributed by atoms with Gasteiger partial charge >= 0.3 is 11.7 Å². The Morgan fingerprint density at radius 1 is 1.26 bits per heavy atom. The lowest BCUT2D eigenvalue weighted by Crippen LogP contribution is -2.19. The minimum atomic E-state index is -0.667. The lowest BCUT2D eigenvalue weighted by molar-refractivity contribution is -0.385. The van der Waals surface area contributed by atoms with Gasteiger partial charge in [-0.15, -0.1) is 5.10 Å². The monoisotopic (exact) mass is 394 g/mol. The number of amidine groups is 1. The highest BCUT2D eigenvalue weighted by atomic mass is 32.2. The summed E-state index contributed by atoms with van der Waals surface area (Å²) in [6, 6.07) is 2.58. The molecule has 1 aromatic carbocycles. The zero-order valence-electron chi connectivity index (χ0n) is 14.4. The first-order chi connectivity index (χ1) is 12.9. The molecule has 0 radical (unpaired) electrons. The minimum absolute atomic E-state index is 0.0294. The molecule has 0 atom stereocenters. The molecule has 1 fully saturated rings. The molecule has 1 amide bonds. The van der Waals surface area contributed by atoms with Crippen molar-refractivity contribution in [3.63, 3.8) is 0 Å². The van der Waals surface area contributed by atoms with Crippen LogP contribution < -0.4 is 14.8 Å². The van der Waals surface area contributed by atoms with Crippen LogP contribution in [0.3, 0.4) is 0 Å². The predicted molar refractivity (Wildman–Crippen MR) is 97.1 cm³/mol. The Labute approximate surface area is 157 Å². The molecule has 1 aliphatic heterocycles. The maximum atomic E-state index is 11.7. The van der Waals surface area contributed by atoms with Crippen molar-refractivity contribution in [2.24, 2.45) is 10.2 Å². The van der Waals surface area contributed by atoms with Crippen LogP contribution in [0.5, 0.6) is 11.5 Å². The number of hydrogen-bond donors (Lipinski definition) is 1. The third-order valence-corrected chi connectivity index (χ3v) is 4.07. The molecule has 27 heavy (non-hydrogen) atoms. The van der Waals surface area contributed by atoms with Crippen molar-refractivity contribution in [3.8, 4) is 11.5 Å². The van der Waals surface area contributed by atoms with Gasteiger partial charge in [-0.25, -0.2) is 4.79 Å². The molecule has 1 saturated heterocycles. The maximum absolute atomic E-state index is 11.7. The van der Waals surface area contributed by atoms with Crippen LogP contribution in [0.4, 0.5) is 5.69 Å². The number of nitrogens with one attached hydrogen (secondary N) is 1. The fraction of sp³-hybridized carbons (Fsp3) is 0.200. The van der Waals surface area contributed by atoms with Crippen molar-refractivity contribution < 1.29 is 28.7 Å². The van der Waals surface area contributed by atoms with Crippen LogP contribution in [0.15, 0.2) is 33.3 Å². The first kappa shape index (κ1) is 19.9. The Kier molecular flexibility index (Phi) is 6.49. The predicted octanol–water partition coefficient (Wildman–Crippen LogP) is 1.22. The van der Waals surface area contributed by atoms with Crippen molar-refractivity contribution in [2.45, 2.75) is 0 Å². The molecule has 0 bridgehead atoms. The normalized spacial score (nSPS) is 16.6. The summed E-state index contributed by atoms with van der Waals surface area (Å²) in [4.78, 5) is 33.5. The quantitative estimate of drug-likeness (QED) is 0.249. The van der Waals surface area contributed by atoms with Crippen LogP contribution in [0.2, 0.25) is 0 Å².